The highest BCUT2D eigenvalue weighted by molar-refractivity contribution is 7.45. The van der Waals surface area contributed by atoms with Crippen LogP contribution in [0.3, 0.4) is 0 Å². The molecule has 1 aromatic rings. The van der Waals surface area contributed by atoms with E-state index in [-0.39, 0.29) is 45.3 Å². The fourth-order valence-electron chi connectivity index (χ4n) is 6.98. The zero-order chi connectivity index (χ0) is 48.2. The van der Waals surface area contributed by atoms with Crippen molar-refractivity contribution in [2.45, 2.75) is 200 Å². The number of quaternary nitrogens is 1. The Bertz CT molecular complexity index is 1560. The van der Waals surface area contributed by atoms with Crippen LogP contribution in [0, 0.1) is 13.8 Å². The minimum atomic E-state index is -4.72. The van der Waals surface area contributed by atoms with Gasteiger partial charge in [0.15, 0.2) is 6.10 Å². The fraction of sp³-hybridized carbons (Fsp3) is 0.731. The number of hydrogen-bond acceptors (Lipinski definition) is 11. The first kappa shape index (κ1) is 60.2. The number of aliphatic hydroxyl groups is 2. The molecule has 1 unspecified atom stereocenters. The molecule has 0 bridgehead atoms. The number of unbranched alkanes of at least 4 members (excludes halogenated alkanes) is 11. The summed E-state index contributed by atoms with van der Waals surface area (Å²) in [5.41, 5.74) is 2.67. The Labute approximate surface area is 394 Å². The average Bonchev–Trinajstić information content (AvgIpc) is 3.52. The zero-order valence-electron chi connectivity index (χ0n) is 41.6. The number of nitrogens with zero attached hydrogens (tertiary/aromatic N) is 1. The third-order valence-electron chi connectivity index (χ3n) is 11.3. The maximum atomic E-state index is 12.8. The van der Waals surface area contributed by atoms with Crippen LogP contribution in [-0.4, -0.2) is 92.5 Å². The van der Waals surface area contributed by atoms with Crippen LogP contribution in [-0.2, 0) is 45.5 Å². The molecule has 0 saturated carbocycles. The zero-order valence-corrected chi connectivity index (χ0v) is 42.5. The lowest BCUT2D eigenvalue weighted by atomic mass is 10.0. The third kappa shape index (κ3) is 33.3. The number of hydrogen-bond donors (Lipinski definition) is 2. The predicted octanol–water partition coefficient (Wildman–Crippen LogP) is 11.2. The van der Waals surface area contributed by atoms with Gasteiger partial charge in [-0.3, -0.25) is 14.2 Å². The van der Waals surface area contributed by atoms with E-state index >= 15 is 0 Å². The van der Waals surface area contributed by atoms with Gasteiger partial charge < -0.3 is 42.5 Å². The van der Waals surface area contributed by atoms with Gasteiger partial charge in [0.1, 0.15) is 31.3 Å². The molecule has 12 nitrogen and oxygen atoms in total. The minimum Gasteiger partial charge on any atom is -0.756 e. The number of furan rings is 1. The first-order valence-electron chi connectivity index (χ1n) is 24.9. The number of ether oxygens (including phenoxy) is 2. The number of phosphoric acid groups is 1. The van der Waals surface area contributed by atoms with Crippen LogP contribution in [0.2, 0.25) is 0 Å². The Morgan fingerprint density at radius 2 is 1.17 bits per heavy atom. The van der Waals surface area contributed by atoms with E-state index in [4.69, 9.17) is 22.9 Å². The highest BCUT2D eigenvalue weighted by atomic mass is 31.2. The number of rotatable bonds is 41. The van der Waals surface area contributed by atoms with Gasteiger partial charge in [-0.25, -0.2) is 0 Å². The molecule has 374 valence electrons. The summed E-state index contributed by atoms with van der Waals surface area (Å²) >= 11 is 0. The van der Waals surface area contributed by atoms with Gasteiger partial charge in [0, 0.05) is 25.7 Å². The maximum absolute atomic E-state index is 12.8. The summed E-state index contributed by atoms with van der Waals surface area (Å²) in [6.45, 7) is 8.10. The highest BCUT2D eigenvalue weighted by Crippen LogP contribution is 2.38. The Hall–Kier alpha value is -2.83. The summed E-state index contributed by atoms with van der Waals surface area (Å²) in [6, 6.07) is 0. The second kappa shape index (κ2) is 37.2. The van der Waals surface area contributed by atoms with Gasteiger partial charge in [0.2, 0.25) is 0 Å². The van der Waals surface area contributed by atoms with E-state index in [1.54, 1.807) is 0 Å². The number of likely N-dealkylation sites (N-methyl/N-ethyl adjacent to an activating group) is 1. The Kier molecular flexibility index (Phi) is 34.4. The molecule has 0 fully saturated rings. The van der Waals surface area contributed by atoms with Crippen molar-refractivity contribution in [3.05, 3.63) is 71.3 Å². The van der Waals surface area contributed by atoms with Crippen molar-refractivity contribution in [2.75, 3.05) is 47.5 Å². The lowest BCUT2D eigenvalue weighted by Gasteiger charge is -2.28. The van der Waals surface area contributed by atoms with E-state index < -0.39 is 44.7 Å². The molecule has 0 saturated heterocycles. The van der Waals surface area contributed by atoms with Gasteiger partial charge in [-0.1, -0.05) is 127 Å². The number of phosphoric ester groups is 1. The normalized spacial score (nSPS) is 14.8. The number of carbonyl (C=O) groups is 2. The summed E-state index contributed by atoms with van der Waals surface area (Å²) in [5, 5.41) is 20.8. The van der Waals surface area contributed by atoms with Gasteiger partial charge in [-0.05, 0) is 89.2 Å². The number of aliphatic hydroxyl groups excluding tert-OH is 2. The molecule has 2 N–H and O–H groups in total. The maximum Gasteiger partial charge on any atom is 0.306 e. The molecule has 0 spiro atoms. The highest BCUT2D eigenvalue weighted by Gasteiger charge is 2.23. The van der Waals surface area contributed by atoms with Crippen molar-refractivity contribution in [1.29, 1.82) is 0 Å². The Balaban J connectivity index is 2.39. The van der Waals surface area contributed by atoms with Gasteiger partial charge in [0.25, 0.3) is 7.82 Å². The lowest BCUT2D eigenvalue weighted by molar-refractivity contribution is -0.870. The van der Waals surface area contributed by atoms with Crippen molar-refractivity contribution in [1.82, 2.24) is 0 Å². The second-order valence-electron chi connectivity index (χ2n) is 18.3. The molecule has 0 aliphatic carbocycles. The number of carbonyl (C=O) groups excluding carboxylic acids is 2. The van der Waals surface area contributed by atoms with E-state index in [0.29, 0.717) is 17.4 Å². The molecule has 1 aromatic heterocycles. The van der Waals surface area contributed by atoms with E-state index in [2.05, 4.69) is 58.1 Å². The molecule has 1 rings (SSSR count). The van der Waals surface area contributed by atoms with E-state index in [9.17, 15) is 29.3 Å². The first-order chi connectivity index (χ1) is 31.1. The van der Waals surface area contributed by atoms with Crippen molar-refractivity contribution in [3.63, 3.8) is 0 Å². The van der Waals surface area contributed by atoms with Crippen LogP contribution in [0.4, 0.5) is 0 Å². The number of aryl methyl sites for hydroxylation is 2. The molecule has 0 radical (unpaired) electrons. The van der Waals surface area contributed by atoms with Crippen molar-refractivity contribution < 1.29 is 56.7 Å². The monoisotopic (exact) mass is 936 g/mol. The van der Waals surface area contributed by atoms with Crippen LogP contribution in [0.5, 0.6) is 0 Å². The summed E-state index contributed by atoms with van der Waals surface area (Å²) in [6.07, 6.45) is 34.1. The summed E-state index contributed by atoms with van der Waals surface area (Å²) in [7, 11) is 0.966. The van der Waals surface area contributed by atoms with Gasteiger partial charge in [0.05, 0.1) is 40.0 Å². The minimum absolute atomic E-state index is 0.0904. The Morgan fingerprint density at radius 3 is 1.72 bits per heavy atom. The molecular weight excluding hydrogens is 846 g/mol. The molecular formula is C52H90NO11P. The van der Waals surface area contributed by atoms with Crippen LogP contribution in [0.15, 0.2) is 53.0 Å². The molecule has 0 aliphatic rings. The first-order valence-corrected chi connectivity index (χ1v) is 26.3. The molecule has 4 atom stereocenters. The summed E-state index contributed by atoms with van der Waals surface area (Å²) in [5.74, 6) is 1.21. The van der Waals surface area contributed by atoms with E-state index in [1.165, 1.54) is 74.0 Å². The van der Waals surface area contributed by atoms with Crippen molar-refractivity contribution >= 4 is 19.8 Å². The third-order valence-corrected chi connectivity index (χ3v) is 12.2. The molecule has 1 heterocycles. The molecule has 65 heavy (non-hydrogen) atoms. The van der Waals surface area contributed by atoms with E-state index in [1.807, 2.05) is 39.4 Å². The molecule has 0 aliphatic heterocycles. The van der Waals surface area contributed by atoms with Crippen LogP contribution in [0.25, 0.3) is 0 Å². The number of esters is 2. The second-order valence-corrected chi connectivity index (χ2v) is 19.8. The fourth-order valence-corrected chi connectivity index (χ4v) is 7.71. The molecule has 0 aromatic carbocycles. The lowest BCUT2D eigenvalue weighted by Crippen LogP contribution is -2.37. The smallest absolute Gasteiger partial charge is 0.306 e. The van der Waals surface area contributed by atoms with E-state index in [0.717, 1.165) is 64.2 Å². The summed E-state index contributed by atoms with van der Waals surface area (Å²) < 4.78 is 40.0. The molecule has 0 amide bonds. The standard InChI is InChI=1S/C52H90NO11P/c1-8-10-12-13-14-15-16-17-20-23-26-30-34-47(54)48(55)35-33-39-52(57)63-46(43-62-65(58,59)61-41-40-53(5,6)7)42-60-51(56)38-32-28-25-22-19-18-21-24-27-31-37-50-45(4)44(3)49(64-50)36-29-11-9-2/h10,12,14-15,17,20,26,30,46-48,54-55H,8-9,11,13,16,18-19,21-25,27-29,31-43H2,1-7H3/b12-10-,15-14-,20-17-,30-26-/t46-,47-,48-/m1/s1. The average molecular weight is 936 g/mol. The topological polar surface area (TPSA) is 165 Å². The van der Waals surface area contributed by atoms with Crippen molar-refractivity contribution in [3.8, 4) is 0 Å². The predicted molar refractivity (Wildman–Crippen MR) is 260 cm³/mol. The van der Waals surface area contributed by atoms with Crippen LogP contribution < -0.4 is 4.89 Å². The quantitative estimate of drug-likeness (QED) is 0.0211. The van der Waals surface area contributed by atoms with Crippen LogP contribution in [0.1, 0.15) is 178 Å². The molecule has 13 heteroatoms. The Morgan fingerprint density at radius 1 is 0.662 bits per heavy atom. The van der Waals surface area contributed by atoms with Gasteiger partial charge >= 0.3 is 11.9 Å². The SMILES string of the molecule is CC/C=C\C/C=C\C/C=C\C/C=C\C[C@@H](O)[C@H](O)CCCC(=O)O[C@H](COC(=O)CCCCCCCCCCCCc1oc(CCCCC)c(C)c1C)COP(=O)([O-])OCC[N+](C)(C)C. The number of allylic oxidation sites excluding steroid dienone is 7. The summed E-state index contributed by atoms with van der Waals surface area (Å²) in [4.78, 5) is 37.8. The van der Waals surface area contributed by atoms with Gasteiger partial charge in [-0.15, -0.1) is 0 Å². The van der Waals surface area contributed by atoms with Crippen LogP contribution >= 0.6 is 7.82 Å². The van der Waals surface area contributed by atoms with Gasteiger partial charge in [-0.2, -0.15) is 0 Å². The largest absolute Gasteiger partial charge is 0.756 e. The van der Waals surface area contributed by atoms with Crippen molar-refractivity contribution in [2.24, 2.45) is 0 Å².